The van der Waals surface area contributed by atoms with Crippen LogP contribution in [0, 0.1) is 0 Å². The first kappa shape index (κ1) is 13.9. The van der Waals surface area contributed by atoms with Crippen LogP contribution in [0.25, 0.3) is 0 Å². The van der Waals surface area contributed by atoms with E-state index in [1.54, 1.807) is 6.92 Å². The van der Waals surface area contributed by atoms with Gasteiger partial charge in [0.25, 0.3) is 0 Å². The first-order valence-corrected chi connectivity index (χ1v) is 4.95. The Morgan fingerprint density at radius 3 is 2.47 bits per heavy atom. The fourth-order valence-corrected chi connectivity index (χ4v) is 0.832. The maximum atomic E-state index is 11.3. The zero-order valence-electron chi connectivity index (χ0n) is 9.33. The van der Waals surface area contributed by atoms with Crippen LogP contribution < -0.4 is 16.0 Å². The molecule has 0 fully saturated rings. The first-order valence-electron chi connectivity index (χ1n) is 4.95. The Morgan fingerprint density at radius 2 is 2.00 bits per heavy atom. The second-order valence-corrected chi connectivity index (χ2v) is 3.26. The molecule has 0 aliphatic heterocycles. The van der Waals surface area contributed by atoms with Gasteiger partial charge in [0.05, 0.1) is 12.1 Å². The third-order valence-corrected chi connectivity index (χ3v) is 1.99. The van der Waals surface area contributed by atoms with Gasteiger partial charge in [-0.1, -0.05) is 6.92 Å². The molecule has 6 nitrogen and oxygen atoms in total. The molecular weight excluding hydrogens is 198 g/mol. The number of rotatable bonds is 5. The Bertz CT molecular complexity index is 221. The van der Waals surface area contributed by atoms with Crippen LogP contribution >= 0.6 is 0 Å². The summed E-state index contributed by atoms with van der Waals surface area (Å²) in [4.78, 5) is 22.1. The largest absolute Gasteiger partial charge is 0.392 e. The molecule has 4 N–H and O–H groups in total. The van der Waals surface area contributed by atoms with E-state index in [9.17, 15) is 14.7 Å². The summed E-state index contributed by atoms with van der Waals surface area (Å²) in [5, 5.41) is 16.5. The minimum absolute atomic E-state index is 0.332. The summed E-state index contributed by atoms with van der Waals surface area (Å²) in [7, 11) is 1.43. The van der Waals surface area contributed by atoms with Gasteiger partial charge in [-0.05, 0) is 13.3 Å². The lowest BCUT2D eigenvalue weighted by Crippen LogP contribution is -2.48. The molecule has 0 aromatic rings. The van der Waals surface area contributed by atoms with E-state index in [2.05, 4.69) is 16.0 Å². The highest BCUT2D eigenvalue weighted by molar-refractivity contribution is 5.96. The average Bonchev–Trinajstić information content (AvgIpc) is 2.24. The number of imide groups is 1. The molecule has 3 amide bonds. The summed E-state index contributed by atoms with van der Waals surface area (Å²) in [6.45, 7) is 3.81. The van der Waals surface area contributed by atoms with Crippen molar-refractivity contribution < 1.29 is 14.7 Å². The predicted octanol–water partition coefficient (Wildman–Crippen LogP) is -0.809. The molecule has 0 bridgehead atoms. The van der Waals surface area contributed by atoms with Gasteiger partial charge in [-0.2, -0.15) is 0 Å². The van der Waals surface area contributed by atoms with Crippen LogP contribution in [0.15, 0.2) is 0 Å². The maximum absolute atomic E-state index is 11.3. The van der Waals surface area contributed by atoms with E-state index < -0.39 is 24.1 Å². The lowest BCUT2D eigenvalue weighted by molar-refractivity contribution is -0.121. The Balaban J connectivity index is 3.84. The number of nitrogens with one attached hydrogen (secondary N) is 3. The van der Waals surface area contributed by atoms with Gasteiger partial charge in [0, 0.05) is 13.6 Å². The van der Waals surface area contributed by atoms with Crippen LogP contribution in [0.5, 0.6) is 0 Å². The van der Waals surface area contributed by atoms with Gasteiger partial charge < -0.3 is 15.7 Å². The lowest BCUT2D eigenvalue weighted by Gasteiger charge is -2.15. The van der Waals surface area contributed by atoms with Crippen molar-refractivity contribution in [1.29, 1.82) is 0 Å². The van der Waals surface area contributed by atoms with Crippen molar-refractivity contribution in [3.63, 3.8) is 0 Å². The second kappa shape index (κ2) is 7.19. The Kier molecular flexibility index (Phi) is 6.64. The molecule has 0 aliphatic carbocycles. The monoisotopic (exact) mass is 217 g/mol. The second-order valence-electron chi connectivity index (χ2n) is 3.26. The molecule has 0 spiro atoms. The number of amides is 3. The molecule has 2 atom stereocenters. The summed E-state index contributed by atoms with van der Waals surface area (Å²) < 4.78 is 0. The van der Waals surface area contributed by atoms with Gasteiger partial charge in [-0.3, -0.25) is 10.1 Å². The predicted molar refractivity (Wildman–Crippen MR) is 56.4 cm³/mol. The van der Waals surface area contributed by atoms with Crippen LogP contribution in [0.2, 0.25) is 0 Å². The number of aliphatic hydroxyl groups excluding tert-OH is 1. The normalized spacial score (nSPS) is 14.1. The number of aliphatic hydroxyl groups is 1. The number of carbonyl (C=O) groups is 2. The molecule has 0 radical (unpaired) electrons. The SMILES string of the molecule is CCC(O)CNC(C)C(=O)NC(=O)NC. The zero-order valence-corrected chi connectivity index (χ0v) is 9.33. The number of hydrogen-bond acceptors (Lipinski definition) is 4. The van der Waals surface area contributed by atoms with Crippen molar-refractivity contribution in [2.75, 3.05) is 13.6 Å². The number of hydrogen-bond donors (Lipinski definition) is 4. The van der Waals surface area contributed by atoms with Crippen LogP contribution in [0.1, 0.15) is 20.3 Å². The summed E-state index contributed by atoms with van der Waals surface area (Å²) in [5.41, 5.74) is 0. The third-order valence-electron chi connectivity index (χ3n) is 1.99. The van der Waals surface area contributed by atoms with Crippen LogP contribution in [0.3, 0.4) is 0 Å². The molecule has 15 heavy (non-hydrogen) atoms. The minimum atomic E-state index is -0.537. The van der Waals surface area contributed by atoms with Crippen LogP contribution in [-0.4, -0.2) is 42.8 Å². The smallest absolute Gasteiger partial charge is 0.321 e. The molecular formula is C9H19N3O3. The molecule has 2 unspecified atom stereocenters. The summed E-state index contributed by atoms with van der Waals surface area (Å²) in [6, 6.07) is -1.05. The average molecular weight is 217 g/mol. The summed E-state index contributed by atoms with van der Waals surface area (Å²) in [6.07, 6.45) is 0.150. The van der Waals surface area contributed by atoms with Gasteiger partial charge in [0.15, 0.2) is 0 Å². The standard InChI is InChI=1S/C9H19N3O3/c1-4-7(13)5-11-6(2)8(14)12-9(15)10-3/h6-7,11,13H,4-5H2,1-3H3,(H2,10,12,14,15). The topological polar surface area (TPSA) is 90.5 Å². The van der Waals surface area contributed by atoms with Crippen molar-refractivity contribution in [3.8, 4) is 0 Å². The van der Waals surface area contributed by atoms with Crippen molar-refractivity contribution in [2.24, 2.45) is 0 Å². The summed E-state index contributed by atoms with van der Waals surface area (Å²) in [5.74, 6) is -0.419. The highest BCUT2D eigenvalue weighted by Gasteiger charge is 2.15. The fourth-order valence-electron chi connectivity index (χ4n) is 0.832. The molecule has 6 heteroatoms. The van der Waals surface area contributed by atoms with Crippen LogP contribution in [-0.2, 0) is 4.79 Å². The van der Waals surface area contributed by atoms with Crippen LogP contribution in [0.4, 0.5) is 4.79 Å². The molecule has 0 aromatic carbocycles. The Hall–Kier alpha value is -1.14. The summed E-state index contributed by atoms with van der Waals surface area (Å²) >= 11 is 0. The molecule has 0 rings (SSSR count). The van der Waals surface area contributed by atoms with E-state index in [1.807, 2.05) is 6.92 Å². The van der Waals surface area contributed by atoms with Gasteiger partial charge >= 0.3 is 6.03 Å². The molecule has 0 saturated heterocycles. The van der Waals surface area contributed by atoms with E-state index in [0.717, 1.165) is 0 Å². The van der Waals surface area contributed by atoms with Crippen molar-refractivity contribution in [1.82, 2.24) is 16.0 Å². The number of urea groups is 1. The highest BCUT2D eigenvalue weighted by atomic mass is 16.3. The van der Waals surface area contributed by atoms with E-state index >= 15 is 0 Å². The third kappa shape index (κ3) is 6.03. The van der Waals surface area contributed by atoms with Gasteiger partial charge in [0.1, 0.15) is 0 Å². The number of carbonyl (C=O) groups excluding carboxylic acids is 2. The van der Waals surface area contributed by atoms with Crippen molar-refractivity contribution >= 4 is 11.9 Å². The van der Waals surface area contributed by atoms with E-state index in [-0.39, 0.29) is 0 Å². The Labute approximate surface area is 89.4 Å². The quantitative estimate of drug-likeness (QED) is 0.485. The van der Waals surface area contributed by atoms with Crippen molar-refractivity contribution in [3.05, 3.63) is 0 Å². The van der Waals surface area contributed by atoms with Gasteiger partial charge in [-0.25, -0.2) is 4.79 Å². The van der Waals surface area contributed by atoms with Gasteiger partial charge in [0.2, 0.25) is 5.91 Å². The molecule has 0 aromatic heterocycles. The van der Waals surface area contributed by atoms with E-state index in [0.29, 0.717) is 13.0 Å². The molecule has 0 aliphatic rings. The lowest BCUT2D eigenvalue weighted by atomic mass is 10.2. The zero-order chi connectivity index (χ0) is 11.8. The minimum Gasteiger partial charge on any atom is -0.392 e. The fraction of sp³-hybridized carbons (Fsp3) is 0.778. The molecule has 0 heterocycles. The van der Waals surface area contributed by atoms with E-state index in [4.69, 9.17) is 0 Å². The first-order chi connectivity index (χ1) is 7.01. The molecule has 88 valence electrons. The Morgan fingerprint density at radius 1 is 1.40 bits per heavy atom. The molecule has 0 saturated carbocycles. The highest BCUT2D eigenvalue weighted by Crippen LogP contribution is 1.89. The maximum Gasteiger partial charge on any atom is 0.321 e. The van der Waals surface area contributed by atoms with Gasteiger partial charge in [-0.15, -0.1) is 0 Å². The van der Waals surface area contributed by atoms with Crippen molar-refractivity contribution in [2.45, 2.75) is 32.4 Å². The van der Waals surface area contributed by atoms with E-state index in [1.165, 1.54) is 7.05 Å².